The van der Waals surface area contributed by atoms with Gasteiger partial charge < -0.3 is 5.11 Å². The Bertz CT molecular complexity index is 417. The number of aliphatic hydroxyl groups is 1. The van der Waals surface area contributed by atoms with Gasteiger partial charge in [-0.05, 0) is 37.3 Å². The third-order valence-corrected chi connectivity index (χ3v) is 3.63. The van der Waals surface area contributed by atoms with Gasteiger partial charge in [-0.2, -0.15) is 0 Å². The van der Waals surface area contributed by atoms with E-state index in [1.165, 1.54) is 24.8 Å². The first kappa shape index (κ1) is 12.9. The molecule has 96 valence electrons. The SMILES string of the molecule is O=Cc1ccc(CC2CCCCC/C=C\2O)cc1. The molecule has 0 saturated heterocycles. The van der Waals surface area contributed by atoms with Crippen LogP contribution in [0.15, 0.2) is 36.1 Å². The summed E-state index contributed by atoms with van der Waals surface area (Å²) in [6, 6.07) is 7.64. The molecule has 1 aliphatic carbocycles. The van der Waals surface area contributed by atoms with E-state index in [4.69, 9.17) is 0 Å². The van der Waals surface area contributed by atoms with Crippen molar-refractivity contribution in [3.63, 3.8) is 0 Å². The third-order valence-electron chi connectivity index (χ3n) is 3.63. The summed E-state index contributed by atoms with van der Waals surface area (Å²) in [6.07, 6.45) is 9.37. The van der Waals surface area contributed by atoms with Gasteiger partial charge in [0, 0.05) is 11.5 Å². The molecule has 0 amide bonds. The quantitative estimate of drug-likeness (QED) is 0.814. The highest BCUT2D eigenvalue weighted by Gasteiger charge is 2.15. The first-order valence-corrected chi connectivity index (χ1v) is 6.72. The molecule has 0 radical (unpaired) electrons. The molecule has 0 heterocycles. The fourth-order valence-electron chi connectivity index (χ4n) is 2.50. The highest BCUT2D eigenvalue weighted by molar-refractivity contribution is 5.74. The van der Waals surface area contributed by atoms with Crippen LogP contribution in [0.5, 0.6) is 0 Å². The minimum atomic E-state index is 0.243. The van der Waals surface area contributed by atoms with Crippen molar-refractivity contribution < 1.29 is 9.90 Å². The Balaban J connectivity index is 2.05. The lowest BCUT2D eigenvalue weighted by Gasteiger charge is -2.18. The Morgan fingerprint density at radius 3 is 2.67 bits per heavy atom. The lowest BCUT2D eigenvalue weighted by atomic mass is 9.89. The summed E-state index contributed by atoms with van der Waals surface area (Å²) in [5, 5.41) is 10.0. The Hall–Kier alpha value is -1.57. The monoisotopic (exact) mass is 244 g/mol. The van der Waals surface area contributed by atoms with E-state index in [0.717, 1.165) is 25.5 Å². The second-order valence-electron chi connectivity index (χ2n) is 5.03. The lowest BCUT2D eigenvalue weighted by molar-refractivity contribution is 0.112. The number of benzene rings is 1. The molecule has 0 spiro atoms. The lowest BCUT2D eigenvalue weighted by Crippen LogP contribution is -2.09. The summed E-state index contributed by atoms with van der Waals surface area (Å²) < 4.78 is 0. The summed E-state index contributed by atoms with van der Waals surface area (Å²) in [6.45, 7) is 0. The molecule has 0 aromatic heterocycles. The van der Waals surface area contributed by atoms with Gasteiger partial charge in [0.15, 0.2) is 0 Å². The van der Waals surface area contributed by atoms with Crippen LogP contribution in [0.4, 0.5) is 0 Å². The summed E-state index contributed by atoms with van der Waals surface area (Å²) in [5.41, 5.74) is 1.89. The zero-order valence-electron chi connectivity index (χ0n) is 10.6. The number of aldehydes is 1. The second kappa shape index (κ2) is 6.39. The smallest absolute Gasteiger partial charge is 0.150 e. The molecule has 1 unspecified atom stereocenters. The highest BCUT2D eigenvalue weighted by atomic mass is 16.3. The molecule has 2 rings (SSSR count). The summed E-state index contributed by atoms with van der Waals surface area (Å²) in [4.78, 5) is 10.6. The molecule has 0 saturated carbocycles. The average Bonchev–Trinajstić information content (AvgIpc) is 2.39. The van der Waals surface area contributed by atoms with E-state index in [1.54, 1.807) is 0 Å². The van der Waals surface area contributed by atoms with Crippen molar-refractivity contribution in [3.8, 4) is 0 Å². The summed E-state index contributed by atoms with van der Waals surface area (Å²) in [5.74, 6) is 0.793. The molecular formula is C16H20O2. The zero-order chi connectivity index (χ0) is 12.8. The van der Waals surface area contributed by atoms with Gasteiger partial charge in [0.1, 0.15) is 6.29 Å². The fraction of sp³-hybridized carbons (Fsp3) is 0.438. The van der Waals surface area contributed by atoms with E-state index in [-0.39, 0.29) is 5.92 Å². The molecule has 1 N–H and O–H groups in total. The molecule has 2 heteroatoms. The normalized spacial score (nSPS) is 23.6. The minimum Gasteiger partial charge on any atom is -0.512 e. The number of carbonyl (C=O) groups excluding carboxylic acids is 1. The Kier molecular flexibility index (Phi) is 4.57. The predicted octanol–water partition coefficient (Wildman–Crippen LogP) is 4.06. The van der Waals surface area contributed by atoms with Crippen molar-refractivity contribution in [1.82, 2.24) is 0 Å². The Labute approximate surface area is 108 Å². The molecule has 0 bridgehead atoms. The van der Waals surface area contributed by atoms with Crippen molar-refractivity contribution in [2.45, 2.75) is 38.5 Å². The first-order valence-electron chi connectivity index (χ1n) is 6.72. The average molecular weight is 244 g/mol. The van der Waals surface area contributed by atoms with Crippen molar-refractivity contribution in [1.29, 1.82) is 0 Å². The van der Waals surface area contributed by atoms with E-state index >= 15 is 0 Å². The maximum Gasteiger partial charge on any atom is 0.150 e. The van der Waals surface area contributed by atoms with Gasteiger partial charge in [-0.1, -0.05) is 37.1 Å². The van der Waals surface area contributed by atoms with Crippen LogP contribution in [-0.2, 0) is 6.42 Å². The number of hydrogen-bond donors (Lipinski definition) is 1. The van der Waals surface area contributed by atoms with Gasteiger partial charge in [0.05, 0.1) is 5.76 Å². The summed E-state index contributed by atoms with van der Waals surface area (Å²) >= 11 is 0. The van der Waals surface area contributed by atoms with E-state index in [0.29, 0.717) is 11.3 Å². The maximum atomic E-state index is 10.6. The maximum absolute atomic E-state index is 10.6. The van der Waals surface area contributed by atoms with Crippen molar-refractivity contribution in [2.75, 3.05) is 0 Å². The second-order valence-corrected chi connectivity index (χ2v) is 5.03. The van der Waals surface area contributed by atoms with Gasteiger partial charge in [-0.25, -0.2) is 0 Å². The van der Waals surface area contributed by atoms with Gasteiger partial charge >= 0.3 is 0 Å². The molecular weight excluding hydrogens is 224 g/mol. The van der Waals surface area contributed by atoms with Crippen LogP contribution in [0.3, 0.4) is 0 Å². The van der Waals surface area contributed by atoms with Crippen LogP contribution in [-0.4, -0.2) is 11.4 Å². The number of rotatable bonds is 3. The Morgan fingerprint density at radius 2 is 1.94 bits per heavy atom. The largest absolute Gasteiger partial charge is 0.512 e. The first-order chi connectivity index (χ1) is 8.79. The van der Waals surface area contributed by atoms with Gasteiger partial charge in [-0.15, -0.1) is 0 Å². The molecule has 1 aromatic carbocycles. The number of allylic oxidation sites excluding steroid dienone is 2. The molecule has 1 atom stereocenters. The van der Waals surface area contributed by atoms with Gasteiger partial charge in [-0.3, -0.25) is 4.79 Å². The number of carbonyl (C=O) groups is 1. The number of aliphatic hydroxyl groups excluding tert-OH is 1. The van der Waals surface area contributed by atoms with Crippen LogP contribution in [0.1, 0.15) is 48.0 Å². The van der Waals surface area contributed by atoms with Crippen LogP contribution in [0.2, 0.25) is 0 Å². The van der Waals surface area contributed by atoms with Crippen LogP contribution >= 0.6 is 0 Å². The van der Waals surface area contributed by atoms with Crippen LogP contribution in [0.25, 0.3) is 0 Å². The van der Waals surface area contributed by atoms with Gasteiger partial charge in [0.2, 0.25) is 0 Å². The van der Waals surface area contributed by atoms with E-state index in [2.05, 4.69) is 0 Å². The molecule has 2 nitrogen and oxygen atoms in total. The third kappa shape index (κ3) is 3.46. The topological polar surface area (TPSA) is 37.3 Å². The molecule has 0 fully saturated rings. The van der Waals surface area contributed by atoms with Crippen molar-refractivity contribution >= 4 is 6.29 Å². The minimum absolute atomic E-state index is 0.243. The van der Waals surface area contributed by atoms with E-state index in [9.17, 15) is 9.90 Å². The summed E-state index contributed by atoms with van der Waals surface area (Å²) in [7, 11) is 0. The number of hydrogen-bond acceptors (Lipinski definition) is 2. The Morgan fingerprint density at radius 1 is 1.17 bits per heavy atom. The van der Waals surface area contributed by atoms with Crippen molar-refractivity contribution in [3.05, 3.63) is 47.2 Å². The highest BCUT2D eigenvalue weighted by Crippen LogP contribution is 2.25. The van der Waals surface area contributed by atoms with E-state index in [1.807, 2.05) is 30.3 Å². The fourth-order valence-corrected chi connectivity index (χ4v) is 2.50. The molecule has 18 heavy (non-hydrogen) atoms. The van der Waals surface area contributed by atoms with Gasteiger partial charge in [0.25, 0.3) is 0 Å². The van der Waals surface area contributed by atoms with Crippen LogP contribution in [0, 0.1) is 5.92 Å². The molecule has 1 aliphatic rings. The van der Waals surface area contributed by atoms with Crippen LogP contribution < -0.4 is 0 Å². The molecule has 0 aliphatic heterocycles. The molecule has 1 aromatic rings. The van der Waals surface area contributed by atoms with Crippen molar-refractivity contribution in [2.24, 2.45) is 5.92 Å². The standard InChI is InChI=1S/C16H20O2/c17-12-14-9-7-13(8-10-14)11-15-5-3-1-2-4-6-16(15)18/h6-10,12,15,18H,1-5,11H2/b16-6+. The zero-order valence-corrected chi connectivity index (χ0v) is 10.6. The predicted molar refractivity (Wildman–Crippen MR) is 72.8 cm³/mol. The van der Waals surface area contributed by atoms with E-state index < -0.39 is 0 Å².